The zero-order valence-corrected chi connectivity index (χ0v) is 17.8. The van der Waals surface area contributed by atoms with Crippen LogP contribution in [-0.4, -0.2) is 36.9 Å². The van der Waals surface area contributed by atoms with Gasteiger partial charge < -0.3 is 10.6 Å². The molecule has 0 spiro atoms. The van der Waals surface area contributed by atoms with Gasteiger partial charge in [-0.05, 0) is 62.7 Å². The number of anilines is 2. The Morgan fingerprint density at radius 1 is 1.00 bits per heavy atom. The molecule has 2 aromatic heterocycles. The number of rotatable bonds is 6. The average molecular weight is 438 g/mol. The third-order valence-corrected chi connectivity index (χ3v) is 6.43. The minimum Gasteiger partial charge on any atom is -0.323 e. The molecule has 1 saturated heterocycles. The van der Waals surface area contributed by atoms with Crippen molar-refractivity contribution in [1.82, 2.24) is 15.3 Å². The monoisotopic (exact) mass is 437 g/mol. The van der Waals surface area contributed by atoms with E-state index in [4.69, 9.17) is 0 Å². The van der Waals surface area contributed by atoms with Gasteiger partial charge in [0, 0.05) is 12.4 Å². The van der Waals surface area contributed by atoms with Gasteiger partial charge in [0.25, 0.3) is 10.0 Å². The number of carbonyl (C=O) groups excluding carboxylic acids is 1. The molecule has 3 N–H and O–H groups in total. The topological polar surface area (TPSA) is 113 Å². The maximum atomic E-state index is 12.9. The van der Waals surface area contributed by atoms with E-state index in [1.807, 2.05) is 6.92 Å². The largest absolute Gasteiger partial charge is 0.323 e. The lowest BCUT2D eigenvalue weighted by molar-refractivity contribution is -0.117. The van der Waals surface area contributed by atoms with E-state index in [2.05, 4.69) is 25.3 Å². The van der Waals surface area contributed by atoms with Crippen LogP contribution in [0.2, 0.25) is 0 Å². The lowest BCUT2D eigenvalue weighted by atomic mass is 10.1. The number of aromatic nitrogens is 2. The zero-order chi connectivity index (χ0) is 21.8. The van der Waals surface area contributed by atoms with Gasteiger partial charge in [-0.25, -0.2) is 8.42 Å². The van der Waals surface area contributed by atoms with E-state index in [9.17, 15) is 13.2 Å². The molecule has 0 unspecified atom stereocenters. The van der Waals surface area contributed by atoms with Gasteiger partial charge in [0.15, 0.2) is 0 Å². The number of carbonyl (C=O) groups is 1. The molecule has 0 bridgehead atoms. The van der Waals surface area contributed by atoms with Crippen LogP contribution in [0.25, 0.3) is 11.4 Å². The Morgan fingerprint density at radius 2 is 1.65 bits per heavy atom. The van der Waals surface area contributed by atoms with Crippen molar-refractivity contribution in [3.05, 3.63) is 66.5 Å². The lowest BCUT2D eigenvalue weighted by Crippen LogP contribution is -2.35. The summed E-state index contributed by atoms with van der Waals surface area (Å²) in [5.74, 6) is -0.149. The van der Waals surface area contributed by atoms with Gasteiger partial charge in [0.1, 0.15) is 11.4 Å². The van der Waals surface area contributed by atoms with Crippen molar-refractivity contribution in [3.63, 3.8) is 0 Å². The molecule has 1 fully saturated rings. The number of benzene rings is 1. The van der Waals surface area contributed by atoms with Gasteiger partial charge in [0.2, 0.25) is 5.91 Å². The van der Waals surface area contributed by atoms with Crippen LogP contribution in [0.4, 0.5) is 11.4 Å². The number of hydrogen-bond acceptors (Lipinski definition) is 6. The summed E-state index contributed by atoms with van der Waals surface area (Å²) in [5, 5.41) is 6.06. The zero-order valence-electron chi connectivity index (χ0n) is 17.0. The molecule has 1 atom stereocenters. The maximum absolute atomic E-state index is 12.9. The number of aryl methyl sites for hydroxylation is 1. The molecular formula is C22H23N5O3S. The third kappa shape index (κ3) is 4.73. The normalized spacial score (nSPS) is 16.1. The van der Waals surface area contributed by atoms with Crippen molar-refractivity contribution < 1.29 is 13.2 Å². The molecule has 3 aromatic rings. The fraction of sp³-hybridized carbons (Fsp3) is 0.227. The summed E-state index contributed by atoms with van der Waals surface area (Å²) < 4.78 is 28.4. The Hall–Kier alpha value is -3.30. The van der Waals surface area contributed by atoms with E-state index >= 15 is 0 Å². The predicted octanol–water partition coefficient (Wildman–Crippen LogP) is 2.94. The van der Waals surface area contributed by atoms with Crippen LogP contribution in [-0.2, 0) is 14.8 Å². The van der Waals surface area contributed by atoms with E-state index in [1.54, 1.807) is 60.9 Å². The summed E-state index contributed by atoms with van der Waals surface area (Å²) in [6, 6.07) is 13.0. The summed E-state index contributed by atoms with van der Waals surface area (Å²) in [6.07, 6.45) is 4.85. The highest BCUT2D eigenvalue weighted by molar-refractivity contribution is 7.92. The molecule has 1 aliphatic rings. The molecule has 8 nitrogen and oxygen atoms in total. The summed E-state index contributed by atoms with van der Waals surface area (Å²) in [7, 11) is -3.82. The minimum atomic E-state index is -3.82. The number of pyridine rings is 2. The SMILES string of the molecule is Cc1ccc(S(=O)(=O)Nc2cccnc2-c2ncccc2NC(=O)[C@@H]2CCCN2)cc1. The third-order valence-electron chi connectivity index (χ3n) is 5.05. The number of amides is 1. The number of nitrogens with zero attached hydrogens (tertiary/aromatic N) is 2. The molecule has 0 aliphatic carbocycles. The molecule has 0 radical (unpaired) electrons. The summed E-state index contributed by atoms with van der Waals surface area (Å²) in [5.41, 5.74) is 2.42. The Balaban J connectivity index is 1.66. The molecule has 1 aliphatic heterocycles. The van der Waals surface area contributed by atoms with Crippen molar-refractivity contribution in [2.24, 2.45) is 0 Å². The van der Waals surface area contributed by atoms with Gasteiger partial charge >= 0.3 is 0 Å². The first-order valence-corrected chi connectivity index (χ1v) is 11.5. The van der Waals surface area contributed by atoms with Crippen LogP contribution in [0.5, 0.6) is 0 Å². The van der Waals surface area contributed by atoms with E-state index < -0.39 is 10.0 Å². The Labute approximate surface area is 181 Å². The van der Waals surface area contributed by atoms with E-state index in [-0.39, 0.29) is 22.5 Å². The summed E-state index contributed by atoms with van der Waals surface area (Å²) in [6.45, 7) is 2.70. The maximum Gasteiger partial charge on any atom is 0.261 e. The summed E-state index contributed by atoms with van der Waals surface area (Å²) in [4.78, 5) is 21.5. The van der Waals surface area contributed by atoms with Gasteiger partial charge in [-0.15, -0.1) is 0 Å². The van der Waals surface area contributed by atoms with Crippen LogP contribution in [0, 0.1) is 6.92 Å². The first-order valence-electron chi connectivity index (χ1n) is 9.98. The molecule has 3 heterocycles. The van der Waals surface area contributed by atoms with E-state index in [0.29, 0.717) is 17.1 Å². The van der Waals surface area contributed by atoms with Crippen molar-refractivity contribution in [1.29, 1.82) is 0 Å². The number of nitrogens with one attached hydrogen (secondary N) is 3. The highest BCUT2D eigenvalue weighted by atomic mass is 32.2. The quantitative estimate of drug-likeness (QED) is 0.546. The molecule has 1 aromatic carbocycles. The highest BCUT2D eigenvalue weighted by Crippen LogP contribution is 2.31. The van der Waals surface area contributed by atoms with Crippen LogP contribution in [0.15, 0.2) is 65.8 Å². The molecule has 1 amide bonds. The van der Waals surface area contributed by atoms with Gasteiger partial charge in [-0.3, -0.25) is 19.5 Å². The van der Waals surface area contributed by atoms with Crippen molar-refractivity contribution >= 4 is 27.3 Å². The fourth-order valence-corrected chi connectivity index (χ4v) is 4.49. The Morgan fingerprint density at radius 3 is 2.29 bits per heavy atom. The van der Waals surface area contributed by atoms with Gasteiger partial charge in [-0.2, -0.15) is 0 Å². The van der Waals surface area contributed by atoms with Crippen LogP contribution >= 0.6 is 0 Å². The fourth-order valence-electron chi connectivity index (χ4n) is 3.42. The Bertz CT molecular complexity index is 1190. The second kappa shape index (κ2) is 8.83. The van der Waals surface area contributed by atoms with Crippen LogP contribution in [0.1, 0.15) is 18.4 Å². The Kier molecular flexibility index (Phi) is 5.97. The van der Waals surface area contributed by atoms with E-state index in [1.165, 1.54) is 0 Å². The first kappa shape index (κ1) is 21.0. The van der Waals surface area contributed by atoms with Crippen molar-refractivity contribution in [3.8, 4) is 11.4 Å². The number of sulfonamides is 1. The second-order valence-corrected chi connectivity index (χ2v) is 9.04. The molecule has 31 heavy (non-hydrogen) atoms. The lowest BCUT2D eigenvalue weighted by Gasteiger charge is -2.16. The van der Waals surface area contributed by atoms with Gasteiger partial charge in [-0.1, -0.05) is 17.7 Å². The minimum absolute atomic E-state index is 0.148. The predicted molar refractivity (Wildman–Crippen MR) is 119 cm³/mol. The first-order chi connectivity index (χ1) is 14.9. The highest BCUT2D eigenvalue weighted by Gasteiger charge is 2.24. The van der Waals surface area contributed by atoms with Crippen molar-refractivity contribution in [2.75, 3.05) is 16.6 Å². The average Bonchev–Trinajstić information content (AvgIpc) is 3.30. The molecule has 160 valence electrons. The second-order valence-electron chi connectivity index (χ2n) is 7.36. The summed E-state index contributed by atoms with van der Waals surface area (Å²) >= 11 is 0. The molecule has 4 rings (SSSR count). The van der Waals surface area contributed by atoms with Crippen LogP contribution in [0.3, 0.4) is 0 Å². The van der Waals surface area contributed by atoms with Crippen molar-refractivity contribution in [2.45, 2.75) is 30.7 Å². The smallest absolute Gasteiger partial charge is 0.261 e. The van der Waals surface area contributed by atoms with Crippen LogP contribution < -0.4 is 15.4 Å². The molecule has 9 heteroatoms. The van der Waals surface area contributed by atoms with Gasteiger partial charge in [0.05, 0.1) is 22.3 Å². The molecular weight excluding hydrogens is 414 g/mol. The standard InChI is InChI=1S/C22H23N5O3S/c1-15-8-10-16(11-9-15)31(29,30)27-18-6-3-14-25-21(18)20-17(5-2-13-24-20)26-22(28)19-7-4-12-23-19/h2-3,5-6,8-11,13-14,19,23,27H,4,7,12H2,1H3,(H,26,28)/t19-/m0/s1. The van der Waals surface area contributed by atoms with E-state index in [0.717, 1.165) is 24.9 Å². The molecule has 0 saturated carbocycles. The number of hydrogen-bond donors (Lipinski definition) is 3.